The minimum atomic E-state index is -2.62. The normalized spacial score (nSPS) is 24.1. The lowest BCUT2D eigenvalue weighted by molar-refractivity contribution is 0.00518. The zero-order chi connectivity index (χ0) is 26.1. The lowest BCUT2D eigenvalue weighted by Gasteiger charge is -2.30. The van der Waals surface area contributed by atoms with Crippen LogP contribution >= 0.6 is 0 Å². The lowest BCUT2D eigenvalue weighted by atomic mass is 9.81. The molecule has 1 aromatic carbocycles. The molecule has 0 spiro atoms. The first-order valence-corrected chi connectivity index (χ1v) is 13.6. The van der Waals surface area contributed by atoms with E-state index < -0.39 is 5.92 Å². The zero-order valence-corrected chi connectivity index (χ0v) is 21.4. The van der Waals surface area contributed by atoms with Gasteiger partial charge in [0.2, 0.25) is 11.6 Å². The van der Waals surface area contributed by atoms with Crippen LogP contribution in [0.5, 0.6) is 0 Å². The summed E-state index contributed by atoms with van der Waals surface area (Å²) in [5, 5.41) is 19.4. The molecule has 0 aliphatic heterocycles. The van der Waals surface area contributed by atoms with Crippen molar-refractivity contribution in [3.63, 3.8) is 0 Å². The molecule has 38 heavy (non-hydrogen) atoms. The number of nitrogens with two attached hydrogens (primary N) is 1. The van der Waals surface area contributed by atoms with Gasteiger partial charge in [-0.05, 0) is 73.7 Å². The summed E-state index contributed by atoms with van der Waals surface area (Å²) in [5.74, 6) is -1.68. The topological polar surface area (TPSA) is 110 Å². The third kappa shape index (κ3) is 5.27. The first kappa shape index (κ1) is 24.9. The van der Waals surface area contributed by atoms with E-state index in [2.05, 4.69) is 61.1 Å². The predicted molar refractivity (Wildman–Crippen MR) is 142 cm³/mol. The molecule has 2 unspecified atom stereocenters. The highest BCUT2D eigenvalue weighted by Crippen LogP contribution is 2.42. The van der Waals surface area contributed by atoms with Gasteiger partial charge in [0, 0.05) is 31.0 Å². The number of fused-ring (bicyclic) bond motifs is 1. The molecule has 2 atom stereocenters. The van der Waals surface area contributed by atoms with Crippen molar-refractivity contribution in [3.8, 4) is 0 Å². The number of alkyl halides is 2. The van der Waals surface area contributed by atoms with Crippen LogP contribution in [0, 0.1) is 0 Å². The molecule has 4 N–H and O–H groups in total. The average Bonchev–Trinajstić information content (AvgIpc) is 3.67. The van der Waals surface area contributed by atoms with E-state index in [1.54, 1.807) is 10.9 Å². The molecule has 2 aliphatic carbocycles. The number of anilines is 1. The summed E-state index contributed by atoms with van der Waals surface area (Å²) in [4.78, 5) is 4.30. The summed E-state index contributed by atoms with van der Waals surface area (Å²) < 4.78 is 29.5. The Morgan fingerprint density at radius 1 is 1.11 bits per heavy atom. The quantitative estimate of drug-likeness (QED) is 0.290. The molecule has 0 saturated heterocycles. The highest BCUT2D eigenvalue weighted by Gasteiger charge is 2.40. The first-order valence-electron chi connectivity index (χ1n) is 13.6. The Kier molecular flexibility index (Phi) is 6.82. The van der Waals surface area contributed by atoms with Crippen molar-refractivity contribution < 1.29 is 8.78 Å². The van der Waals surface area contributed by atoms with Crippen molar-refractivity contribution in [1.29, 1.82) is 0 Å². The molecule has 0 amide bonds. The Balaban J connectivity index is 1.17. The van der Waals surface area contributed by atoms with E-state index in [0.717, 1.165) is 36.9 Å². The molecule has 2 fully saturated rings. The van der Waals surface area contributed by atoms with Crippen LogP contribution in [-0.4, -0.2) is 48.7 Å². The van der Waals surface area contributed by atoms with Crippen LogP contribution < -0.4 is 11.1 Å². The monoisotopic (exact) mass is 520 g/mol. The number of hydrogen-bond donors (Lipinski definition) is 3. The largest absolute Gasteiger partial charge is 0.384 e. The minimum Gasteiger partial charge on any atom is -0.384 e. The zero-order valence-electron chi connectivity index (χ0n) is 21.4. The van der Waals surface area contributed by atoms with E-state index >= 15 is 0 Å². The van der Waals surface area contributed by atoms with Gasteiger partial charge in [0.05, 0.1) is 12.2 Å². The molecular weight excluding hydrogens is 486 g/mol. The molecule has 10 heteroatoms. The van der Waals surface area contributed by atoms with E-state index in [1.165, 1.54) is 18.4 Å². The number of rotatable bonds is 8. The number of nitrogens with one attached hydrogen (secondary N) is 2. The highest BCUT2D eigenvalue weighted by molar-refractivity contribution is 5.77. The fraction of sp³-hybridized carbons (Fsp3) is 0.500. The smallest absolute Gasteiger partial charge is 0.250 e. The number of aromatic amines is 1. The second kappa shape index (κ2) is 10.4. The maximum atomic E-state index is 13.9. The van der Waals surface area contributed by atoms with E-state index in [4.69, 9.17) is 5.73 Å². The van der Waals surface area contributed by atoms with Crippen LogP contribution in [0.15, 0.2) is 48.8 Å². The fourth-order valence-electron chi connectivity index (χ4n) is 6.32. The van der Waals surface area contributed by atoms with E-state index in [-0.39, 0.29) is 24.8 Å². The molecule has 4 aromatic rings. The standard InChI is InChI=1S/C28H34F2N8/c29-28(30)12-10-22(15-28)38-17-20(16-33-38)23(24-14-25(31)34-27-26(24)35-37-36-27)11-13-32-21-8-6-19(7-9-21)18-4-2-1-3-5-18/h1-5,14,16-17,19,21-23,32H,6-13,15H2,(H3,31,34,35,36,37). The lowest BCUT2D eigenvalue weighted by Crippen LogP contribution is -2.34. The molecule has 8 nitrogen and oxygen atoms in total. The molecule has 6 rings (SSSR count). The minimum absolute atomic E-state index is 0.0725. The second-order valence-electron chi connectivity index (χ2n) is 10.9. The van der Waals surface area contributed by atoms with Gasteiger partial charge in [-0.1, -0.05) is 30.3 Å². The first-order chi connectivity index (χ1) is 18.4. The van der Waals surface area contributed by atoms with Crippen LogP contribution in [0.3, 0.4) is 0 Å². The molecule has 3 aromatic heterocycles. The van der Waals surface area contributed by atoms with Crippen molar-refractivity contribution in [2.75, 3.05) is 12.3 Å². The Labute approximate surface area is 220 Å². The Hall–Kier alpha value is -3.40. The van der Waals surface area contributed by atoms with Crippen molar-refractivity contribution in [2.24, 2.45) is 0 Å². The summed E-state index contributed by atoms with van der Waals surface area (Å²) >= 11 is 0. The fourth-order valence-corrected chi connectivity index (χ4v) is 6.32. The van der Waals surface area contributed by atoms with Gasteiger partial charge in [-0.15, -0.1) is 5.10 Å². The van der Waals surface area contributed by atoms with E-state index in [9.17, 15) is 8.78 Å². The molecule has 200 valence electrons. The van der Waals surface area contributed by atoms with Gasteiger partial charge >= 0.3 is 0 Å². The number of benzene rings is 1. The number of nitrogens with zero attached hydrogens (tertiary/aromatic N) is 5. The van der Waals surface area contributed by atoms with Gasteiger partial charge in [-0.25, -0.2) is 13.8 Å². The second-order valence-corrected chi connectivity index (χ2v) is 10.9. The molecule has 0 bridgehead atoms. The predicted octanol–water partition coefficient (Wildman–Crippen LogP) is 5.33. The van der Waals surface area contributed by atoms with Crippen molar-refractivity contribution >= 4 is 17.0 Å². The van der Waals surface area contributed by atoms with Crippen molar-refractivity contribution in [3.05, 3.63) is 65.5 Å². The van der Waals surface area contributed by atoms with Gasteiger partial charge in [-0.3, -0.25) is 4.68 Å². The number of hydrogen-bond acceptors (Lipinski definition) is 6. The highest BCUT2D eigenvalue weighted by atomic mass is 19.3. The van der Waals surface area contributed by atoms with Gasteiger partial charge in [0.1, 0.15) is 11.3 Å². The van der Waals surface area contributed by atoms with Gasteiger partial charge in [-0.2, -0.15) is 15.4 Å². The van der Waals surface area contributed by atoms with Crippen molar-refractivity contribution in [1.82, 2.24) is 35.5 Å². The molecule has 0 radical (unpaired) electrons. The maximum Gasteiger partial charge on any atom is 0.250 e. The molecule has 2 saturated carbocycles. The number of halogens is 2. The van der Waals surface area contributed by atoms with E-state index in [1.807, 2.05) is 12.3 Å². The number of H-pyrrole nitrogens is 1. The maximum absolute atomic E-state index is 13.9. The summed E-state index contributed by atoms with van der Waals surface area (Å²) in [6, 6.07) is 12.8. The number of aromatic nitrogens is 6. The third-order valence-electron chi connectivity index (χ3n) is 8.36. The third-order valence-corrected chi connectivity index (χ3v) is 8.36. The summed E-state index contributed by atoms with van der Waals surface area (Å²) in [6.07, 6.45) is 9.35. The number of pyridine rings is 1. The average molecular weight is 521 g/mol. The number of nitrogen functional groups attached to an aromatic ring is 1. The SMILES string of the molecule is Nc1cc(C(CCNC2CCC(c3ccccc3)CC2)c2cnn(C3CCC(F)(F)C3)c2)c2n[nH]nc2n1. The Bertz CT molecular complexity index is 1360. The van der Waals surface area contributed by atoms with Crippen LogP contribution in [0.25, 0.3) is 11.2 Å². The Morgan fingerprint density at radius 3 is 2.68 bits per heavy atom. The summed E-state index contributed by atoms with van der Waals surface area (Å²) in [6.45, 7) is 0.805. The summed E-state index contributed by atoms with van der Waals surface area (Å²) in [5.41, 5.74) is 10.6. The molecule has 2 aliphatic rings. The van der Waals surface area contributed by atoms with E-state index in [0.29, 0.717) is 35.4 Å². The van der Waals surface area contributed by atoms with Crippen LogP contribution in [0.2, 0.25) is 0 Å². The van der Waals surface area contributed by atoms with Crippen LogP contribution in [-0.2, 0) is 0 Å². The van der Waals surface area contributed by atoms with Gasteiger partial charge < -0.3 is 11.1 Å². The van der Waals surface area contributed by atoms with Crippen LogP contribution in [0.4, 0.5) is 14.6 Å². The Morgan fingerprint density at radius 2 is 1.92 bits per heavy atom. The van der Waals surface area contributed by atoms with Crippen LogP contribution in [0.1, 0.15) is 85.9 Å². The summed E-state index contributed by atoms with van der Waals surface area (Å²) in [7, 11) is 0. The van der Waals surface area contributed by atoms with Gasteiger partial charge in [0.25, 0.3) is 0 Å². The van der Waals surface area contributed by atoms with Gasteiger partial charge in [0.15, 0.2) is 0 Å². The molecule has 3 heterocycles. The van der Waals surface area contributed by atoms with Crippen molar-refractivity contribution in [2.45, 2.75) is 81.2 Å². The molecular formula is C28H34F2N8.